The lowest BCUT2D eigenvalue weighted by Crippen LogP contribution is -2.33. The van der Waals surface area contributed by atoms with Crippen LogP contribution in [0.3, 0.4) is 0 Å². The molecule has 114 valence electrons. The summed E-state index contributed by atoms with van der Waals surface area (Å²) in [6.45, 7) is 2.03. The molecule has 0 saturated carbocycles. The van der Waals surface area contributed by atoms with Gasteiger partial charge in [-0.25, -0.2) is 8.42 Å². The van der Waals surface area contributed by atoms with Crippen molar-refractivity contribution in [3.63, 3.8) is 0 Å². The molecule has 21 heavy (non-hydrogen) atoms. The Bertz CT molecular complexity index is 672. The number of rotatable bonds is 3. The molecule has 6 nitrogen and oxygen atoms in total. The van der Waals surface area contributed by atoms with Crippen LogP contribution in [0.1, 0.15) is 17.5 Å². The fourth-order valence-corrected chi connectivity index (χ4v) is 4.85. The van der Waals surface area contributed by atoms with Gasteiger partial charge in [0.15, 0.2) is 0 Å². The smallest absolute Gasteiger partial charge is 0.243 e. The van der Waals surface area contributed by atoms with Gasteiger partial charge in [0.1, 0.15) is 0 Å². The molecule has 1 unspecified atom stereocenters. The van der Waals surface area contributed by atoms with E-state index in [-0.39, 0.29) is 12.5 Å². The van der Waals surface area contributed by atoms with Gasteiger partial charge < -0.3 is 11.1 Å². The van der Waals surface area contributed by atoms with Gasteiger partial charge in [0.2, 0.25) is 15.9 Å². The molecular formula is C14H19N3O3S. The van der Waals surface area contributed by atoms with Crippen LogP contribution in [0.4, 0.5) is 0 Å². The van der Waals surface area contributed by atoms with Gasteiger partial charge in [-0.15, -0.1) is 0 Å². The van der Waals surface area contributed by atoms with Crippen molar-refractivity contribution >= 4 is 15.9 Å². The summed E-state index contributed by atoms with van der Waals surface area (Å²) in [5.41, 5.74) is 7.22. The quantitative estimate of drug-likeness (QED) is 0.810. The first-order valence-electron chi connectivity index (χ1n) is 7.11. The number of carbonyl (C=O) groups excluding carboxylic acids is 1. The summed E-state index contributed by atoms with van der Waals surface area (Å²) in [6, 6.07) is 5.40. The van der Waals surface area contributed by atoms with Crippen LogP contribution >= 0.6 is 0 Å². The predicted molar refractivity (Wildman–Crippen MR) is 77.9 cm³/mol. The average Bonchev–Trinajstić information content (AvgIpc) is 2.97. The summed E-state index contributed by atoms with van der Waals surface area (Å²) in [6.07, 6.45) is 1.21. The summed E-state index contributed by atoms with van der Waals surface area (Å²) >= 11 is 0. The Hall–Kier alpha value is -1.44. The Kier molecular flexibility index (Phi) is 3.73. The number of hydrogen-bond acceptors (Lipinski definition) is 4. The van der Waals surface area contributed by atoms with Crippen molar-refractivity contribution < 1.29 is 13.2 Å². The SMILES string of the molecule is NC(=O)C1CCN(S(=O)(=O)c2cccc3c2CCNC3)C1. The molecule has 2 aliphatic heterocycles. The standard InChI is InChI=1S/C14H19N3O3S/c15-14(18)11-5-7-17(9-11)21(19,20)13-3-1-2-10-8-16-6-4-12(10)13/h1-3,11,16H,4-9H2,(H2,15,18). The Morgan fingerprint density at radius 1 is 1.38 bits per heavy atom. The van der Waals surface area contributed by atoms with Crippen molar-refractivity contribution in [2.45, 2.75) is 24.3 Å². The van der Waals surface area contributed by atoms with Crippen LogP contribution in [0, 0.1) is 5.92 Å². The Balaban J connectivity index is 1.95. The lowest BCUT2D eigenvalue weighted by molar-refractivity contribution is -0.121. The number of nitrogens with one attached hydrogen (secondary N) is 1. The topological polar surface area (TPSA) is 92.5 Å². The second-order valence-electron chi connectivity index (χ2n) is 5.57. The molecule has 0 bridgehead atoms. The average molecular weight is 309 g/mol. The van der Waals surface area contributed by atoms with Gasteiger partial charge >= 0.3 is 0 Å². The number of fused-ring (bicyclic) bond motifs is 1. The van der Waals surface area contributed by atoms with Crippen LogP contribution in [0.15, 0.2) is 23.1 Å². The first-order valence-corrected chi connectivity index (χ1v) is 8.55. The van der Waals surface area contributed by atoms with E-state index in [0.29, 0.717) is 30.8 Å². The number of nitrogens with zero attached hydrogens (tertiary/aromatic N) is 1. The van der Waals surface area contributed by atoms with E-state index in [2.05, 4.69) is 5.32 Å². The largest absolute Gasteiger partial charge is 0.369 e. The van der Waals surface area contributed by atoms with Crippen LogP contribution in [-0.2, 0) is 27.8 Å². The summed E-state index contributed by atoms with van der Waals surface area (Å²) < 4.78 is 27.0. The van der Waals surface area contributed by atoms with Gasteiger partial charge in [-0.2, -0.15) is 4.31 Å². The van der Waals surface area contributed by atoms with Gasteiger partial charge in [0, 0.05) is 19.6 Å². The number of amides is 1. The summed E-state index contributed by atoms with van der Waals surface area (Å²) in [5, 5.41) is 3.24. The zero-order chi connectivity index (χ0) is 15.0. The number of primary amides is 1. The lowest BCUT2D eigenvalue weighted by Gasteiger charge is -2.23. The molecule has 0 aliphatic carbocycles. The van der Waals surface area contributed by atoms with Crippen LogP contribution in [0.2, 0.25) is 0 Å². The molecule has 1 saturated heterocycles. The maximum absolute atomic E-state index is 12.8. The Morgan fingerprint density at radius 3 is 2.90 bits per heavy atom. The van der Waals surface area contributed by atoms with Gasteiger partial charge in [-0.05, 0) is 36.6 Å². The van der Waals surface area contributed by atoms with Crippen molar-refractivity contribution in [3.8, 4) is 0 Å². The fraction of sp³-hybridized carbons (Fsp3) is 0.500. The van der Waals surface area contributed by atoms with E-state index in [9.17, 15) is 13.2 Å². The highest BCUT2D eigenvalue weighted by Gasteiger charge is 2.36. The number of benzene rings is 1. The second kappa shape index (κ2) is 5.40. The van der Waals surface area contributed by atoms with Gasteiger partial charge in [-0.3, -0.25) is 4.79 Å². The minimum absolute atomic E-state index is 0.194. The predicted octanol–water partition coefficient (Wildman–Crippen LogP) is -0.172. The van der Waals surface area contributed by atoms with E-state index in [1.807, 2.05) is 6.07 Å². The van der Waals surface area contributed by atoms with E-state index in [1.54, 1.807) is 12.1 Å². The molecule has 1 atom stereocenters. The monoisotopic (exact) mass is 309 g/mol. The molecule has 2 heterocycles. The summed E-state index contributed by atoms with van der Waals surface area (Å²) in [5.74, 6) is -0.798. The van der Waals surface area contributed by atoms with E-state index in [4.69, 9.17) is 5.73 Å². The van der Waals surface area contributed by atoms with Crippen molar-refractivity contribution in [3.05, 3.63) is 29.3 Å². The highest BCUT2D eigenvalue weighted by Crippen LogP contribution is 2.29. The van der Waals surface area contributed by atoms with Crippen molar-refractivity contribution in [1.82, 2.24) is 9.62 Å². The van der Waals surface area contributed by atoms with Gasteiger partial charge in [-0.1, -0.05) is 12.1 Å². The van der Waals surface area contributed by atoms with Crippen LogP contribution < -0.4 is 11.1 Å². The van der Waals surface area contributed by atoms with Gasteiger partial charge in [0.05, 0.1) is 10.8 Å². The van der Waals surface area contributed by atoms with Crippen LogP contribution in [-0.4, -0.2) is 38.3 Å². The first kappa shape index (κ1) is 14.5. The molecule has 1 aromatic carbocycles. The fourth-order valence-electron chi connectivity index (χ4n) is 3.06. The molecule has 1 fully saturated rings. The maximum atomic E-state index is 12.8. The normalized spacial score (nSPS) is 23.0. The first-order chi connectivity index (χ1) is 10.00. The molecular weight excluding hydrogens is 290 g/mol. The van der Waals surface area contributed by atoms with E-state index < -0.39 is 15.9 Å². The molecule has 3 rings (SSSR count). The summed E-state index contributed by atoms with van der Waals surface area (Å²) in [4.78, 5) is 11.6. The van der Waals surface area contributed by atoms with Crippen molar-refractivity contribution in [1.29, 1.82) is 0 Å². The third kappa shape index (κ3) is 2.56. The van der Waals surface area contributed by atoms with E-state index in [1.165, 1.54) is 4.31 Å². The molecule has 2 aliphatic rings. The number of nitrogens with two attached hydrogens (primary N) is 1. The van der Waals surface area contributed by atoms with Gasteiger partial charge in [0.25, 0.3) is 0 Å². The second-order valence-corrected chi connectivity index (χ2v) is 7.48. The number of carbonyl (C=O) groups is 1. The van der Waals surface area contributed by atoms with Crippen LogP contribution in [0.5, 0.6) is 0 Å². The zero-order valence-corrected chi connectivity index (χ0v) is 12.5. The van der Waals surface area contributed by atoms with Crippen LogP contribution in [0.25, 0.3) is 0 Å². The maximum Gasteiger partial charge on any atom is 0.243 e. The molecule has 0 radical (unpaired) electrons. The minimum Gasteiger partial charge on any atom is -0.369 e. The highest BCUT2D eigenvalue weighted by atomic mass is 32.2. The Morgan fingerprint density at radius 2 is 2.19 bits per heavy atom. The Labute approximate surface area is 124 Å². The molecule has 1 amide bonds. The van der Waals surface area contributed by atoms with Crippen molar-refractivity contribution in [2.75, 3.05) is 19.6 Å². The minimum atomic E-state index is -3.55. The third-order valence-corrected chi connectivity index (χ3v) is 6.22. The summed E-state index contributed by atoms with van der Waals surface area (Å²) in [7, 11) is -3.55. The number of sulfonamides is 1. The molecule has 0 aromatic heterocycles. The molecule has 7 heteroatoms. The lowest BCUT2D eigenvalue weighted by atomic mass is 10.0. The van der Waals surface area contributed by atoms with E-state index in [0.717, 1.165) is 17.7 Å². The van der Waals surface area contributed by atoms with E-state index >= 15 is 0 Å². The number of hydrogen-bond donors (Lipinski definition) is 2. The highest BCUT2D eigenvalue weighted by molar-refractivity contribution is 7.89. The molecule has 0 spiro atoms. The zero-order valence-electron chi connectivity index (χ0n) is 11.7. The van der Waals surface area contributed by atoms with Crippen molar-refractivity contribution in [2.24, 2.45) is 11.7 Å². The molecule has 1 aromatic rings. The third-order valence-electron chi connectivity index (χ3n) is 4.27. The molecule has 3 N–H and O–H groups in total.